The largest absolute Gasteiger partial charge is 0.479 e. The van der Waals surface area contributed by atoms with E-state index in [4.69, 9.17) is 10.8 Å². The summed E-state index contributed by atoms with van der Waals surface area (Å²) in [6.07, 6.45) is 3.46. The molecule has 0 saturated heterocycles. The van der Waals surface area contributed by atoms with E-state index < -0.39 is 24.0 Å². The second kappa shape index (κ2) is 6.33. The summed E-state index contributed by atoms with van der Waals surface area (Å²) in [5, 5.41) is 15.5. The average molecular weight is 268 g/mol. The normalized spacial score (nSPS) is 14.2. The van der Waals surface area contributed by atoms with E-state index in [2.05, 4.69) is 10.4 Å². The first-order valence-electron chi connectivity index (χ1n) is 6.08. The third-order valence-corrected chi connectivity index (χ3v) is 2.65. The van der Waals surface area contributed by atoms with Crippen LogP contribution in [0.5, 0.6) is 0 Å². The molecule has 0 fully saturated rings. The Labute approximate surface area is 111 Å². The van der Waals surface area contributed by atoms with E-state index in [1.54, 1.807) is 13.2 Å². The number of hydrogen-bond donors (Lipinski definition) is 3. The van der Waals surface area contributed by atoms with Crippen LogP contribution in [0, 0.1) is 5.92 Å². The molecule has 0 aromatic carbocycles. The highest BCUT2D eigenvalue weighted by atomic mass is 16.4. The van der Waals surface area contributed by atoms with Gasteiger partial charge in [0.1, 0.15) is 0 Å². The number of aliphatic carboxylic acids is 1. The van der Waals surface area contributed by atoms with Crippen LogP contribution < -0.4 is 11.1 Å². The van der Waals surface area contributed by atoms with Crippen LogP contribution in [0.3, 0.4) is 0 Å². The van der Waals surface area contributed by atoms with Crippen molar-refractivity contribution in [1.29, 1.82) is 0 Å². The molecular weight excluding hydrogens is 248 g/mol. The molecular formula is C12H20N4O3. The monoisotopic (exact) mass is 268 g/mol. The number of carbonyl (C=O) groups excluding carboxylic acids is 1. The molecule has 0 aliphatic heterocycles. The van der Waals surface area contributed by atoms with E-state index in [1.807, 2.05) is 13.8 Å². The van der Waals surface area contributed by atoms with Gasteiger partial charge < -0.3 is 16.2 Å². The minimum Gasteiger partial charge on any atom is -0.479 e. The molecule has 0 bridgehead atoms. The average Bonchev–Trinajstić information content (AvgIpc) is 2.70. The van der Waals surface area contributed by atoms with Crippen molar-refractivity contribution < 1.29 is 14.7 Å². The van der Waals surface area contributed by atoms with Gasteiger partial charge in [0.25, 0.3) is 0 Å². The number of carbonyl (C=O) groups is 2. The number of amides is 1. The number of carboxylic acid groups (broad SMARTS) is 1. The van der Waals surface area contributed by atoms with Crippen LogP contribution in [-0.2, 0) is 16.6 Å². The lowest BCUT2D eigenvalue weighted by Crippen LogP contribution is -2.44. The fraction of sp³-hybridized carbons (Fsp3) is 0.583. The summed E-state index contributed by atoms with van der Waals surface area (Å²) in [6, 6.07) is -1.84. The van der Waals surface area contributed by atoms with E-state index >= 15 is 0 Å². The Morgan fingerprint density at radius 3 is 2.58 bits per heavy atom. The van der Waals surface area contributed by atoms with Gasteiger partial charge in [-0.3, -0.25) is 9.48 Å². The lowest BCUT2D eigenvalue weighted by Gasteiger charge is -2.18. The van der Waals surface area contributed by atoms with Crippen LogP contribution >= 0.6 is 0 Å². The van der Waals surface area contributed by atoms with E-state index in [1.165, 1.54) is 10.9 Å². The van der Waals surface area contributed by atoms with Crippen LogP contribution in [0.4, 0.5) is 0 Å². The number of hydrogen-bond acceptors (Lipinski definition) is 4. The van der Waals surface area contributed by atoms with Gasteiger partial charge >= 0.3 is 5.97 Å². The molecule has 1 rings (SSSR count). The third-order valence-electron chi connectivity index (χ3n) is 2.65. The number of aromatic nitrogens is 2. The summed E-state index contributed by atoms with van der Waals surface area (Å²) in [5.41, 5.74) is 6.14. The molecule has 7 nitrogen and oxygen atoms in total. The summed E-state index contributed by atoms with van der Waals surface area (Å²) in [6.45, 7) is 3.89. The quantitative estimate of drug-likeness (QED) is 0.674. The smallest absolute Gasteiger partial charge is 0.331 e. The zero-order chi connectivity index (χ0) is 14.6. The van der Waals surface area contributed by atoms with E-state index in [9.17, 15) is 9.59 Å². The Morgan fingerprint density at radius 2 is 2.16 bits per heavy atom. The van der Waals surface area contributed by atoms with Crippen molar-refractivity contribution in [3.05, 3.63) is 18.0 Å². The van der Waals surface area contributed by atoms with Crippen molar-refractivity contribution in [2.45, 2.75) is 32.4 Å². The fourth-order valence-corrected chi connectivity index (χ4v) is 1.74. The first-order chi connectivity index (χ1) is 8.81. The maximum absolute atomic E-state index is 11.8. The van der Waals surface area contributed by atoms with Gasteiger partial charge in [-0.1, -0.05) is 13.8 Å². The summed E-state index contributed by atoms with van der Waals surface area (Å²) in [7, 11) is 1.68. The number of nitrogens with zero attached hydrogens (tertiary/aromatic N) is 2. The van der Waals surface area contributed by atoms with Crippen molar-refractivity contribution >= 4 is 11.9 Å². The molecule has 2 unspecified atom stereocenters. The lowest BCUT2D eigenvalue weighted by atomic mass is 10.0. The molecule has 4 N–H and O–H groups in total. The molecule has 1 amide bonds. The fourth-order valence-electron chi connectivity index (χ4n) is 1.74. The van der Waals surface area contributed by atoms with Gasteiger partial charge in [-0.2, -0.15) is 5.10 Å². The van der Waals surface area contributed by atoms with E-state index in [-0.39, 0.29) is 5.92 Å². The minimum absolute atomic E-state index is 0.266. The first-order valence-corrected chi connectivity index (χ1v) is 6.08. The maximum atomic E-state index is 11.8. The van der Waals surface area contributed by atoms with Gasteiger partial charge in [0.2, 0.25) is 5.91 Å². The zero-order valence-corrected chi connectivity index (χ0v) is 11.3. The summed E-state index contributed by atoms with van der Waals surface area (Å²) in [5.74, 6) is -1.34. The molecule has 1 heterocycles. The second-order valence-electron chi connectivity index (χ2n) is 4.96. The van der Waals surface area contributed by atoms with Gasteiger partial charge in [0.15, 0.2) is 6.04 Å². The Kier molecular flexibility index (Phi) is 5.05. The Balaban J connectivity index is 2.75. The number of nitrogens with one attached hydrogen (secondary N) is 1. The number of rotatable bonds is 6. The molecule has 0 aliphatic rings. The molecule has 7 heteroatoms. The van der Waals surface area contributed by atoms with Crippen LogP contribution in [0.15, 0.2) is 12.4 Å². The molecule has 1 aromatic heterocycles. The van der Waals surface area contributed by atoms with Gasteiger partial charge in [0, 0.05) is 18.8 Å². The van der Waals surface area contributed by atoms with Gasteiger partial charge in [-0.05, 0) is 12.3 Å². The highest BCUT2D eigenvalue weighted by Gasteiger charge is 2.26. The topological polar surface area (TPSA) is 110 Å². The number of carboxylic acids is 1. The first kappa shape index (κ1) is 15.2. The molecule has 0 spiro atoms. The van der Waals surface area contributed by atoms with Gasteiger partial charge in [-0.15, -0.1) is 0 Å². The standard InChI is InChI=1S/C12H20N4O3/c1-7(2)4-9(13)11(17)15-10(12(18)19)8-5-14-16(3)6-8/h5-7,9-10H,4,13H2,1-3H3,(H,15,17)(H,18,19). The highest BCUT2D eigenvalue weighted by Crippen LogP contribution is 2.13. The lowest BCUT2D eigenvalue weighted by molar-refractivity contribution is -0.142. The summed E-state index contributed by atoms with van der Waals surface area (Å²) in [4.78, 5) is 23.0. The van der Waals surface area contributed by atoms with Crippen molar-refractivity contribution in [2.75, 3.05) is 0 Å². The molecule has 106 valence electrons. The van der Waals surface area contributed by atoms with Gasteiger partial charge in [-0.25, -0.2) is 4.79 Å². The third kappa shape index (κ3) is 4.36. The molecule has 0 radical (unpaired) electrons. The molecule has 2 atom stereocenters. The summed E-state index contributed by atoms with van der Waals surface area (Å²) < 4.78 is 1.48. The minimum atomic E-state index is -1.14. The van der Waals surface area contributed by atoms with E-state index in [0.29, 0.717) is 12.0 Å². The van der Waals surface area contributed by atoms with Crippen molar-refractivity contribution in [3.63, 3.8) is 0 Å². The Hall–Kier alpha value is -1.89. The molecule has 1 aromatic rings. The molecule has 0 aliphatic carbocycles. The van der Waals surface area contributed by atoms with Gasteiger partial charge in [0.05, 0.1) is 12.2 Å². The zero-order valence-electron chi connectivity index (χ0n) is 11.3. The Morgan fingerprint density at radius 1 is 1.53 bits per heavy atom. The van der Waals surface area contributed by atoms with Crippen LogP contribution in [0.25, 0.3) is 0 Å². The van der Waals surface area contributed by atoms with Crippen molar-refractivity contribution in [2.24, 2.45) is 18.7 Å². The summed E-state index contributed by atoms with van der Waals surface area (Å²) >= 11 is 0. The molecule has 19 heavy (non-hydrogen) atoms. The highest BCUT2D eigenvalue weighted by molar-refractivity contribution is 5.87. The van der Waals surface area contributed by atoms with Crippen LogP contribution in [0.2, 0.25) is 0 Å². The van der Waals surface area contributed by atoms with Crippen LogP contribution in [0.1, 0.15) is 31.9 Å². The maximum Gasteiger partial charge on any atom is 0.331 e. The van der Waals surface area contributed by atoms with Crippen molar-refractivity contribution in [3.8, 4) is 0 Å². The number of nitrogens with two attached hydrogens (primary N) is 1. The van der Waals surface area contributed by atoms with Crippen molar-refractivity contribution in [1.82, 2.24) is 15.1 Å². The van der Waals surface area contributed by atoms with E-state index in [0.717, 1.165) is 0 Å². The number of aryl methyl sites for hydroxylation is 1. The van der Waals surface area contributed by atoms with Crippen LogP contribution in [-0.4, -0.2) is 32.8 Å². The molecule has 0 saturated carbocycles. The second-order valence-corrected chi connectivity index (χ2v) is 4.96. The predicted molar refractivity (Wildman–Crippen MR) is 69.2 cm³/mol. The SMILES string of the molecule is CC(C)CC(N)C(=O)NC(C(=O)O)c1cnn(C)c1. The predicted octanol–water partition coefficient (Wildman–Crippen LogP) is 0.0354. The Bertz CT molecular complexity index is 456.